The van der Waals surface area contributed by atoms with Gasteiger partial charge in [-0.15, -0.1) is 0 Å². The second-order valence-corrected chi connectivity index (χ2v) is 8.53. The van der Waals surface area contributed by atoms with Crippen molar-refractivity contribution in [3.05, 3.63) is 56.5 Å². The van der Waals surface area contributed by atoms with Crippen molar-refractivity contribution in [3.8, 4) is 11.5 Å². The summed E-state index contributed by atoms with van der Waals surface area (Å²) in [4.78, 5) is 13.4. The van der Waals surface area contributed by atoms with Crippen LogP contribution in [0.2, 0.25) is 0 Å². The van der Waals surface area contributed by atoms with E-state index in [2.05, 4.69) is 28.0 Å². The van der Waals surface area contributed by atoms with E-state index in [-0.39, 0.29) is 5.91 Å². The topological polar surface area (TPSA) is 50.8 Å². The molecule has 0 radical (unpaired) electrons. The SMILES string of the molecule is CCOc1cc(/C=C2/SC(=S)N(Nc3ccccc3)C2=O)cc(I)c1OCC. The Morgan fingerprint density at radius 3 is 2.57 bits per heavy atom. The van der Waals surface area contributed by atoms with Gasteiger partial charge in [0.2, 0.25) is 0 Å². The minimum absolute atomic E-state index is 0.180. The number of halogens is 1. The van der Waals surface area contributed by atoms with Gasteiger partial charge in [0.15, 0.2) is 15.8 Å². The number of hydrogen-bond acceptors (Lipinski definition) is 6. The van der Waals surface area contributed by atoms with Crippen LogP contribution in [0.15, 0.2) is 47.4 Å². The van der Waals surface area contributed by atoms with Crippen molar-refractivity contribution < 1.29 is 14.3 Å². The Hall–Kier alpha value is -1.78. The van der Waals surface area contributed by atoms with Crippen molar-refractivity contribution in [2.24, 2.45) is 0 Å². The van der Waals surface area contributed by atoms with Crippen LogP contribution in [0.1, 0.15) is 19.4 Å². The first-order chi connectivity index (χ1) is 13.5. The number of nitrogens with one attached hydrogen (secondary N) is 1. The van der Waals surface area contributed by atoms with Crippen molar-refractivity contribution >= 4 is 68.6 Å². The van der Waals surface area contributed by atoms with E-state index < -0.39 is 0 Å². The average Bonchev–Trinajstić information content (AvgIpc) is 2.93. The van der Waals surface area contributed by atoms with E-state index in [0.717, 1.165) is 20.6 Å². The second kappa shape index (κ2) is 9.62. The summed E-state index contributed by atoms with van der Waals surface area (Å²) in [5.41, 5.74) is 4.72. The molecule has 28 heavy (non-hydrogen) atoms. The Labute approximate surface area is 187 Å². The number of ether oxygens (including phenoxy) is 2. The van der Waals surface area contributed by atoms with Gasteiger partial charge in [-0.25, -0.2) is 5.01 Å². The lowest BCUT2D eigenvalue weighted by molar-refractivity contribution is -0.121. The van der Waals surface area contributed by atoms with Crippen LogP contribution in [-0.2, 0) is 4.79 Å². The molecule has 0 spiro atoms. The van der Waals surface area contributed by atoms with Gasteiger partial charge in [-0.3, -0.25) is 10.2 Å². The van der Waals surface area contributed by atoms with Gasteiger partial charge in [0.1, 0.15) is 0 Å². The maximum atomic E-state index is 12.8. The minimum atomic E-state index is -0.180. The van der Waals surface area contributed by atoms with E-state index in [4.69, 9.17) is 21.7 Å². The summed E-state index contributed by atoms with van der Waals surface area (Å²) in [6, 6.07) is 13.3. The maximum absolute atomic E-state index is 12.8. The Balaban J connectivity index is 1.87. The smallest absolute Gasteiger partial charge is 0.285 e. The van der Waals surface area contributed by atoms with Gasteiger partial charge >= 0.3 is 0 Å². The molecule has 1 saturated heterocycles. The molecule has 0 bridgehead atoms. The number of thiocarbonyl (C=S) groups is 1. The summed E-state index contributed by atoms with van der Waals surface area (Å²) in [6.45, 7) is 4.95. The van der Waals surface area contributed by atoms with E-state index >= 15 is 0 Å². The largest absolute Gasteiger partial charge is 0.490 e. The van der Waals surface area contributed by atoms with E-state index in [1.807, 2.05) is 62.4 Å². The third-order valence-corrected chi connectivity index (χ3v) is 5.83. The molecule has 1 aliphatic rings. The van der Waals surface area contributed by atoms with Crippen LogP contribution in [0.25, 0.3) is 6.08 Å². The number of hydrogen-bond donors (Lipinski definition) is 1. The number of benzene rings is 2. The molecule has 3 rings (SSSR count). The highest BCUT2D eigenvalue weighted by molar-refractivity contribution is 14.1. The molecule has 0 aromatic heterocycles. The van der Waals surface area contributed by atoms with Crippen molar-refractivity contribution in [2.75, 3.05) is 18.6 Å². The normalized spacial score (nSPS) is 15.2. The first-order valence-electron chi connectivity index (χ1n) is 8.72. The Kier molecular flexibility index (Phi) is 7.19. The highest BCUT2D eigenvalue weighted by Gasteiger charge is 2.32. The number of amides is 1. The van der Waals surface area contributed by atoms with E-state index in [9.17, 15) is 4.79 Å². The monoisotopic (exact) mass is 526 g/mol. The number of hydrazine groups is 1. The summed E-state index contributed by atoms with van der Waals surface area (Å²) in [5, 5.41) is 1.39. The fourth-order valence-corrected chi connectivity index (χ4v) is 4.54. The van der Waals surface area contributed by atoms with Crippen molar-refractivity contribution in [1.29, 1.82) is 0 Å². The van der Waals surface area contributed by atoms with E-state index in [0.29, 0.717) is 28.2 Å². The van der Waals surface area contributed by atoms with Crippen molar-refractivity contribution in [1.82, 2.24) is 5.01 Å². The summed E-state index contributed by atoms with van der Waals surface area (Å²) in [6.07, 6.45) is 1.83. The first-order valence-corrected chi connectivity index (χ1v) is 11.0. The molecule has 0 saturated carbocycles. The van der Waals surface area contributed by atoms with Crippen molar-refractivity contribution in [2.45, 2.75) is 13.8 Å². The van der Waals surface area contributed by atoms with Gasteiger partial charge in [-0.1, -0.05) is 30.0 Å². The summed E-state index contributed by atoms with van der Waals surface area (Å²) >= 11 is 8.86. The van der Waals surface area contributed by atoms with Gasteiger partial charge in [0.25, 0.3) is 5.91 Å². The third kappa shape index (κ3) is 4.79. The number of carbonyl (C=O) groups excluding carboxylic acids is 1. The molecule has 1 N–H and O–H groups in total. The van der Waals surface area contributed by atoms with Gasteiger partial charge in [0, 0.05) is 0 Å². The highest BCUT2D eigenvalue weighted by Crippen LogP contribution is 2.37. The van der Waals surface area contributed by atoms with Crippen molar-refractivity contribution in [3.63, 3.8) is 0 Å². The van der Waals surface area contributed by atoms with E-state index in [1.54, 1.807) is 0 Å². The number of para-hydroxylation sites is 1. The molecule has 0 aliphatic carbocycles. The minimum Gasteiger partial charge on any atom is -0.490 e. The van der Waals surface area contributed by atoms with Crippen LogP contribution >= 0.6 is 46.6 Å². The summed E-state index contributed by atoms with van der Waals surface area (Å²) in [5.74, 6) is 1.21. The first kappa shape index (κ1) is 20.9. The lowest BCUT2D eigenvalue weighted by atomic mass is 10.2. The Morgan fingerprint density at radius 2 is 1.89 bits per heavy atom. The molecule has 8 heteroatoms. The molecule has 146 valence electrons. The summed E-state index contributed by atoms with van der Waals surface area (Å²) < 4.78 is 12.8. The molecular formula is C20H19IN2O3S2. The number of nitrogens with zero attached hydrogens (tertiary/aromatic N) is 1. The zero-order valence-electron chi connectivity index (χ0n) is 15.4. The number of anilines is 1. The van der Waals surface area contributed by atoms with Crippen LogP contribution in [0.4, 0.5) is 5.69 Å². The Bertz CT molecular complexity index is 919. The van der Waals surface area contributed by atoms with Crippen LogP contribution in [0.5, 0.6) is 11.5 Å². The molecule has 1 amide bonds. The lowest BCUT2D eigenvalue weighted by Gasteiger charge is -2.16. The van der Waals surface area contributed by atoms with Gasteiger partial charge < -0.3 is 9.47 Å². The number of thioether (sulfide) groups is 1. The molecule has 2 aromatic rings. The molecule has 1 aliphatic heterocycles. The lowest BCUT2D eigenvalue weighted by Crippen LogP contribution is -2.33. The zero-order chi connectivity index (χ0) is 20.1. The number of rotatable bonds is 7. The predicted octanol–water partition coefficient (Wildman–Crippen LogP) is 5.32. The number of carbonyl (C=O) groups is 1. The zero-order valence-corrected chi connectivity index (χ0v) is 19.2. The second-order valence-electron chi connectivity index (χ2n) is 5.69. The molecule has 2 aromatic carbocycles. The van der Waals surface area contributed by atoms with Gasteiger partial charge in [-0.2, -0.15) is 0 Å². The summed E-state index contributed by atoms with van der Waals surface area (Å²) in [7, 11) is 0. The molecule has 1 fully saturated rings. The average molecular weight is 526 g/mol. The van der Waals surface area contributed by atoms with Crippen LogP contribution in [-0.4, -0.2) is 28.5 Å². The van der Waals surface area contributed by atoms with Crippen LogP contribution in [0, 0.1) is 3.57 Å². The fourth-order valence-electron chi connectivity index (χ4n) is 2.58. The third-order valence-electron chi connectivity index (χ3n) is 3.73. The van der Waals surface area contributed by atoms with E-state index in [1.165, 1.54) is 16.8 Å². The molecule has 0 unspecified atom stereocenters. The molecule has 5 nitrogen and oxygen atoms in total. The van der Waals surface area contributed by atoms with Gasteiger partial charge in [0.05, 0.1) is 27.4 Å². The quantitative estimate of drug-likeness (QED) is 0.300. The molecule has 0 atom stereocenters. The predicted molar refractivity (Wildman–Crippen MR) is 127 cm³/mol. The van der Waals surface area contributed by atoms with Crippen LogP contribution in [0.3, 0.4) is 0 Å². The highest BCUT2D eigenvalue weighted by atomic mass is 127. The Morgan fingerprint density at radius 1 is 1.18 bits per heavy atom. The fraction of sp³-hybridized carbons (Fsp3) is 0.200. The molecule has 1 heterocycles. The van der Waals surface area contributed by atoms with Gasteiger partial charge in [-0.05, 0) is 84.6 Å². The standard InChI is InChI=1S/C20H19IN2O3S2/c1-3-25-16-11-13(10-15(21)18(16)26-4-2)12-17-19(24)23(20(27)28-17)22-14-8-6-5-7-9-14/h5-12,22H,3-4H2,1-2H3/b17-12+. The molecular weight excluding hydrogens is 507 g/mol. The van der Waals surface area contributed by atoms with Crippen LogP contribution < -0.4 is 14.9 Å². The maximum Gasteiger partial charge on any atom is 0.285 e.